The van der Waals surface area contributed by atoms with Gasteiger partial charge in [-0.3, -0.25) is 9.59 Å². The third kappa shape index (κ3) is 3.36. The van der Waals surface area contributed by atoms with Gasteiger partial charge in [0.05, 0.1) is 5.54 Å². The summed E-state index contributed by atoms with van der Waals surface area (Å²) in [5, 5.41) is 2.93. The lowest BCUT2D eigenvalue weighted by atomic mass is 9.97. The van der Waals surface area contributed by atoms with Crippen molar-refractivity contribution in [3.63, 3.8) is 0 Å². The van der Waals surface area contributed by atoms with Crippen molar-refractivity contribution >= 4 is 18.3 Å². The molecule has 6 heteroatoms. The zero-order valence-electron chi connectivity index (χ0n) is 11.0. The monoisotopic (exact) mass is 285 g/mol. The van der Waals surface area contributed by atoms with E-state index >= 15 is 0 Å². The van der Waals surface area contributed by atoms with Gasteiger partial charge in [-0.2, -0.15) is 0 Å². The van der Waals surface area contributed by atoms with Crippen LogP contribution in [0, 0.1) is 6.92 Å². The molecule has 106 valence electrons. The largest absolute Gasteiger partial charge is 0.364 e. The molecule has 0 spiro atoms. The van der Waals surface area contributed by atoms with Crippen molar-refractivity contribution < 1.29 is 4.79 Å². The normalized spacial score (nSPS) is 16.7. The molecule has 1 saturated carbocycles. The SMILES string of the molecule is Cc1cc(=O)c(C(=O)NC2(CN)CCCC2)c[nH]1.Cl. The molecule has 1 fully saturated rings. The molecular formula is C13H20ClN3O2. The van der Waals surface area contributed by atoms with E-state index in [1.807, 2.05) is 0 Å². The molecule has 1 heterocycles. The highest BCUT2D eigenvalue weighted by molar-refractivity contribution is 5.94. The van der Waals surface area contributed by atoms with Crippen LogP contribution in [0.1, 0.15) is 41.7 Å². The van der Waals surface area contributed by atoms with Crippen LogP contribution in [-0.4, -0.2) is 23.0 Å². The molecule has 19 heavy (non-hydrogen) atoms. The minimum Gasteiger partial charge on any atom is -0.364 e. The van der Waals surface area contributed by atoms with E-state index in [2.05, 4.69) is 10.3 Å². The first-order chi connectivity index (χ1) is 8.56. The lowest BCUT2D eigenvalue weighted by molar-refractivity contribution is 0.0901. The topological polar surface area (TPSA) is 88.0 Å². The Morgan fingerprint density at radius 2 is 2.11 bits per heavy atom. The van der Waals surface area contributed by atoms with Gasteiger partial charge >= 0.3 is 0 Å². The maximum atomic E-state index is 12.1. The molecule has 1 aromatic rings. The number of halogens is 1. The number of nitrogens with two attached hydrogens (primary N) is 1. The van der Waals surface area contributed by atoms with Gasteiger partial charge in [-0.05, 0) is 19.8 Å². The maximum absolute atomic E-state index is 12.1. The van der Waals surface area contributed by atoms with Gasteiger partial charge in [-0.1, -0.05) is 12.8 Å². The number of carbonyl (C=O) groups is 1. The van der Waals surface area contributed by atoms with Crippen LogP contribution in [0.3, 0.4) is 0 Å². The molecule has 1 aliphatic carbocycles. The molecule has 1 amide bonds. The van der Waals surface area contributed by atoms with Gasteiger partial charge in [0.25, 0.3) is 5.91 Å². The summed E-state index contributed by atoms with van der Waals surface area (Å²) in [7, 11) is 0. The van der Waals surface area contributed by atoms with E-state index in [1.165, 1.54) is 12.3 Å². The van der Waals surface area contributed by atoms with E-state index < -0.39 is 0 Å². The number of rotatable bonds is 3. The number of nitrogens with one attached hydrogen (secondary N) is 2. The van der Waals surface area contributed by atoms with E-state index in [9.17, 15) is 9.59 Å². The smallest absolute Gasteiger partial charge is 0.257 e. The molecule has 0 unspecified atom stereocenters. The Labute approximate surface area is 118 Å². The molecule has 0 saturated heterocycles. The van der Waals surface area contributed by atoms with Crippen LogP contribution in [0.4, 0.5) is 0 Å². The number of H-pyrrole nitrogens is 1. The quantitative estimate of drug-likeness (QED) is 0.777. The Morgan fingerprint density at radius 3 is 2.63 bits per heavy atom. The zero-order chi connectivity index (χ0) is 13.2. The summed E-state index contributed by atoms with van der Waals surface area (Å²) in [5.74, 6) is -0.330. The molecule has 4 N–H and O–H groups in total. The van der Waals surface area contributed by atoms with E-state index in [-0.39, 0.29) is 34.8 Å². The molecule has 5 nitrogen and oxygen atoms in total. The van der Waals surface area contributed by atoms with E-state index in [0.717, 1.165) is 31.4 Å². The van der Waals surface area contributed by atoms with E-state index in [4.69, 9.17) is 5.73 Å². The molecule has 0 bridgehead atoms. The summed E-state index contributed by atoms with van der Waals surface area (Å²) in [4.78, 5) is 26.7. The highest BCUT2D eigenvalue weighted by atomic mass is 35.5. The first-order valence-corrected chi connectivity index (χ1v) is 6.28. The number of aromatic nitrogens is 1. The summed E-state index contributed by atoms with van der Waals surface area (Å²) >= 11 is 0. The number of hydrogen-bond acceptors (Lipinski definition) is 3. The van der Waals surface area contributed by atoms with Crippen LogP contribution >= 0.6 is 12.4 Å². The molecule has 0 radical (unpaired) electrons. The minimum absolute atomic E-state index is 0. The number of hydrogen-bond donors (Lipinski definition) is 3. The average molecular weight is 286 g/mol. The average Bonchev–Trinajstić information content (AvgIpc) is 2.78. The first-order valence-electron chi connectivity index (χ1n) is 6.28. The van der Waals surface area contributed by atoms with Crippen molar-refractivity contribution in [2.45, 2.75) is 38.1 Å². The molecule has 0 aliphatic heterocycles. The van der Waals surface area contributed by atoms with Gasteiger partial charge in [-0.15, -0.1) is 12.4 Å². The Balaban J connectivity index is 0.00000180. The van der Waals surface area contributed by atoms with Gasteiger partial charge in [0.2, 0.25) is 0 Å². The fraction of sp³-hybridized carbons (Fsp3) is 0.538. The summed E-state index contributed by atoms with van der Waals surface area (Å²) in [6, 6.07) is 1.43. The van der Waals surface area contributed by atoms with Gasteiger partial charge in [0, 0.05) is 24.5 Å². The lowest BCUT2D eigenvalue weighted by Gasteiger charge is -2.28. The Kier molecular flexibility index (Phi) is 5.14. The minimum atomic E-state index is -0.330. The van der Waals surface area contributed by atoms with Gasteiger partial charge in [-0.25, -0.2) is 0 Å². The summed E-state index contributed by atoms with van der Waals surface area (Å²) in [6.45, 7) is 2.20. The van der Waals surface area contributed by atoms with Crippen molar-refractivity contribution in [2.75, 3.05) is 6.54 Å². The third-order valence-electron chi connectivity index (χ3n) is 3.63. The van der Waals surface area contributed by atoms with Crippen LogP contribution in [0.25, 0.3) is 0 Å². The summed E-state index contributed by atoms with van der Waals surface area (Å²) in [5.41, 5.74) is 6.07. The molecule has 2 rings (SSSR count). The van der Waals surface area contributed by atoms with Gasteiger partial charge in [0.1, 0.15) is 5.56 Å². The van der Waals surface area contributed by atoms with Gasteiger partial charge in [0.15, 0.2) is 5.43 Å². The molecule has 0 aromatic carbocycles. The second kappa shape index (κ2) is 6.21. The van der Waals surface area contributed by atoms with Crippen LogP contribution in [0.5, 0.6) is 0 Å². The third-order valence-corrected chi connectivity index (χ3v) is 3.63. The van der Waals surface area contributed by atoms with Crippen molar-refractivity contribution in [3.8, 4) is 0 Å². The first kappa shape index (κ1) is 15.7. The zero-order valence-corrected chi connectivity index (χ0v) is 11.8. The molecule has 1 aromatic heterocycles. The van der Waals surface area contributed by atoms with Gasteiger partial charge < -0.3 is 16.0 Å². The Bertz CT molecular complexity index is 507. The van der Waals surface area contributed by atoms with Crippen LogP contribution in [-0.2, 0) is 0 Å². The standard InChI is InChI=1S/C13H19N3O2.ClH/c1-9-6-11(17)10(7-15-9)12(18)16-13(8-14)4-2-3-5-13;/h6-7H,2-5,8,14H2,1H3,(H,15,17)(H,16,18);1H. The Morgan fingerprint density at radius 1 is 1.47 bits per heavy atom. The molecule has 1 aliphatic rings. The number of carbonyl (C=O) groups excluding carboxylic acids is 1. The van der Waals surface area contributed by atoms with E-state index in [0.29, 0.717) is 6.54 Å². The number of amides is 1. The molecule has 0 atom stereocenters. The van der Waals surface area contributed by atoms with Crippen molar-refractivity contribution in [1.82, 2.24) is 10.3 Å². The predicted octanol–water partition coefficient (Wildman–Crippen LogP) is 1.11. The maximum Gasteiger partial charge on any atom is 0.257 e. The second-order valence-corrected chi connectivity index (χ2v) is 5.04. The number of aromatic amines is 1. The van der Waals surface area contributed by atoms with Crippen molar-refractivity contribution in [1.29, 1.82) is 0 Å². The summed E-state index contributed by atoms with van der Waals surface area (Å²) < 4.78 is 0. The number of aryl methyl sites for hydroxylation is 1. The van der Waals surface area contributed by atoms with Crippen molar-refractivity contribution in [3.05, 3.63) is 33.7 Å². The predicted molar refractivity (Wildman–Crippen MR) is 76.8 cm³/mol. The summed E-state index contributed by atoms with van der Waals surface area (Å²) in [6.07, 6.45) is 5.38. The van der Waals surface area contributed by atoms with E-state index in [1.54, 1.807) is 6.92 Å². The second-order valence-electron chi connectivity index (χ2n) is 5.04. The Hall–Kier alpha value is -1.33. The number of pyridine rings is 1. The highest BCUT2D eigenvalue weighted by Gasteiger charge is 2.34. The molecular weight excluding hydrogens is 266 g/mol. The van der Waals surface area contributed by atoms with Crippen LogP contribution in [0.2, 0.25) is 0 Å². The van der Waals surface area contributed by atoms with Crippen molar-refractivity contribution in [2.24, 2.45) is 5.73 Å². The van der Waals surface area contributed by atoms with Crippen LogP contribution in [0.15, 0.2) is 17.1 Å². The van der Waals surface area contributed by atoms with Crippen LogP contribution < -0.4 is 16.5 Å². The highest BCUT2D eigenvalue weighted by Crippen LogP contribution is 2.28. The fourth-order valence-corrected chi connectivity index (χ4v) is 2.49. The fourth-order valence-electron chi connectivity index (χ4n) is 2.49. The lowest BCUT2D eigenvalue weighted by Crippen LogP contribution is -2.52.